The van der Waals surface area contributed by atoms with E-state index in [1.165, 1.54) is 54.7 Å². The van der Waals surface area contributed by atoms with Crippen LogP contribution in [0.1, 0.15) is 0 Å². The number of hydrogen-bond acceptors (Lipinski definition) is 2. The van der Waals surface area contributed by atoms with Gasteiger partial charge in [-0.25, -0.2) is 0 Å². The Labute approximate surface area is 287 Å². The van der Waals surface area contributed by atoms with Gasteiger partial charge in [0.15, 0.2) is 0 Å². The van der Waals surface area contributed by atoms with Crippen LogP contribution in [0.25, 0.3) is 66.1 Å². The lowest BCUT2D eigenvalue weighted by molar-refractivity contribution is 0.426. The fourth-order valence-corrected chi connectivity index (χ4v) is 8.27. The minimum absolute atomic E-state index is 0.602. The van der Waals surface area contributed by atoms with Crippen molar-refractivity contribution < 1.29 is 10.0 Å². The maximum absolute atomic E-state index is 10.5. The molecule has 2 N–H and O–H groups in total. The van der Waals surface area contributed by atoms with Gasteiger partial charge in [-0.3, -0.25) is 0 Å². The second kappa shape index (κ2) is 11.2. The highest BCUT2D eigenvalue weighted by molar-refractivity contribution is 6.76. The smallest absolute Gasteiger partial charge is 0.423 e. The molecular weight excluding hydrogens is 579 g/mol. The van der Waals surface area contributed by atoms with Gasteiger partial charge in [0.25, 0.3) is 0 Å². The summed E-state index contributed by atoms with van der Waals surface area (Å²) in [6.45, 7) is 0. The van der Waals surface area contributed by atoms with E-state index in [1.54, 1.807) is 0 Å². The van der Waals surface area contributed by atoms with Crippen molar-refractivity contribution in [3.8, 4) is 22.5 Å². The van der Waals surface area contributed by atoms with Gasteiger partial charge in [-0.15, -0.1) is 5.46 Å². The van der Waals surface area contributed by atoms with Crippen LogP contribution in [-0.4, -0.2) is 81.2 Å². The summed E-state index contributed by atoms with van der Waals surface area (Å²) < 4.78 is 4.84. The molecule has 6 aromatic carbocycles. The van der Waals surface area contributed by atoms with Gasteiger partial charge in [0.2, 0.25) is 0 Å². The normalized spacial score (nSPS) is 11.7. The minimum Gasteiger partial charge on any atom is -0.423 e. The molecule has 0 fully saturated rings. The second-order valence-electron chi connectivity index (χ2n) is 13.4. The van der Waals surface area contributed by atoms with Crippen molar-refractivity contribution in [2.75, 3.05) is 0 Å². The molecule has 0 unspecified atom stereocenters. The van der Waals surface area contributed by atoms with Crippen LogP contribution in [0.3, 0.4) is 0 Å². The second-order valence-corrected chi connectivity index (χ2v) is 13.4. The van der Waals surface area contributed by atoms with Gasteiger partial charge in [0.05, 0.1) is 16.7 Å². The Balaban J connectivity index is 1.51. The van der Waals surface area contributed by atoms with Crippen LogP contribution in [0.5, 0.6) is 0 Å². The minimum atomic E-state index is -1.54. The van der Waals surface area contributed by atoms with Gasteiger partial charge in [-0.05, 0) is 52.1 Å². The highest BCUT2D eigenvalue weighted by atomic mass is 16.4. The van der Waals surface area contributed by atoms with Crippen LogP contribution < -0.4 is 43.7 Å². The Kier molecular flexibility index (Phi) is 7.17. The van der Waals surface area contributed by atoms with Gasteiger partial charge in [0, 0.05) is 33.1 Å². The molecule has 0 aliphatic carbocycles. The molecule has 0 amide bonds. The monoisotopic (exact) mass is 612 g/mol. The first-order valence-electron chi connectivity index (χ1n) is 16.7. The van der Waals surface area contributed by atoms with Crippen LogP contribution >= 0.6 is 0 Å². The first kappa shape index (κ1) is 30.7. The van der Waals surface area contributed by atoms with Crippen molar-refractivity contribution in [3.63, 3.8) is 0 Å². The highest BCUT2D eigenvalue weighted by Gasteiger charge is 2.27. The summed E-state index contributed by atoms with van der Waals surface area (Å²) in [6, 6.07) is 34.8. The molecule has 0 spiro atoms. The SMILES string of the molecule is Bc1c(B)c(B)c2c(c1B)c1c(B)c(B(O)O)c(B)c(B)c1n2-c1ccc2c(c1)c1ccccc1n2-c1ccccc1-c1ccccc1. The molecule has 0 aliphatic rings. The molecule has 0 atom stereocenters. The van der Waals surface area contributed by atoms with E-state index >= 15 is 0 Å². The van der Waals surface area contributed by atoms with E-state index in [2.05, 4.69) is 145 Å². The molecule has 2 aromatic heterocycles. The average molecular weight is 611 g/mol. The van der Waals surface area contributed by atoms with Crippen LogP contribution in [0, 0.1) is 0 Å². The summed E-state index contributed by atoms with van der Waals surface area (Å²) >= 11 is 0. The van der Waals surface area contributed by atoms with Crippen LogP contribution in [0.4, 0.5) is 0 Å². The van der Waals surface area contributed by atoms with Crippen molar-refractivity contribution in [1.82, 2.24) is 9.13 Å². The average Bonchev–Trinajstić information content (AvgIpc) is 3.63. The number of aromatic nitrogens is 2. The molecule has 2 heterocycles. The third-order valence-electron chi connectivity index (χ3n) is 11.1. The molecule has 12 heteroatoms. The Bertz CT molecular complexity index is 2630. The lowest BCUT2D eigenvalue weighted by Gasteiger charge is -2.18. The van der Waals surface area contributed by atoms with E-state index in [1.807, 2.05) is 15.7 Å². The highest BCUT2D eigenvalue weighted by Crippen LogP contribution is 2.38. The quantitative estimate of drug-likeness (QED) is 0.196. The largest absolute Gasteiger partial charge is 0.487 e. The predicted molar refractivity (Wildman–Crippen MR) is 228 cm³/mol. The topological polar surface area (TPSA) is 50.3 Å². The van der Waals surface area contributed by atoms with E-state index in [4.69, 9.17) is 0 Å². The summed E-state index contributed by atoms with van der Waals surface area (Å²) in [6.07, 6.45) is 0. The van der Waals surface area contributed by atoms with E-state index in [9.17, 15) is 10.0 Å². The van der Waals surface area contributed by atoms with Gasteiger partial charge >= 0.3 is 7.12 Å². The summed E-state index contributed by atoms with van der Waals surface area (Å²) in [5.74, 6) is 0. The molecule has 0 bridgehead atoms. The van der Waals surface area contributed by atoms with Crippen molar-refractivity contribution in [3.05, 3.63) is 97.1 Å². The molecule has 0 aliphatic heterocycles. The fourth-order valence-electron chi connectivity index (χ4n) is 8.27. The summed E-state index contributed by atoms with van der Waals surface area (Å²) in [5, 5.41) is 25.8. The maximum atomic E-state index is 10.5. The molecule has 0 saturated carbocycles. The number of rotatable bonds is 4. The van der Waals surface area contributed by atoms with Crippen molar-refractivity contribution in [2.24, 2.45) is 0 Å². The van der Waals surface area contributed by atoms with Gasteiger partial charge < -0.3 is 19.2 Å². The van der Waals surface area contributed by atoms with Gasteiger partial charge in [0.1, 0.15) is 54.9 Å². The van der Waals surface area contributed by atoms with Crippen molar-refractivity contribution in [2.45, 2.75) is 0 Å². The lowest BCUT2D eigenvalue weighted by Crippen LogP contribution is -2.56. The van der Waals surface area contributed by atoms with Gasteiger partial charge in [-0.2, -0.15) is 0 Å². The Morgan fingerprint density at radius 2 is 1.06 bits per heavy atom. The zero-order valence-electron chi connectivity index (χ0n) is 28.6. The predicted octanol–water partition coefficient (Wildman–Crippen LogP) is -4.96. The molecule has 0 radical (unpaired) electrons. The van der Waals surface area contributed by atoms with Crippen molar-refractivity contribution in [1.29, 1.82) is 0 Å². The summed E-state index contributed by atoms with van der Waals surface area (Å²) in [4.78, 5) is 0. The third-order valence-corrected chi connectivity index (χ3v) is 11.1. The standard InChI is InChI=1S/C36H32B8N2O2/c37-27-25-26-28(38)34(44(47)48)31(41)33(43)36(26)45(35(25)32(42)30(40)29(27)39)18-14-15-24-21(16-18)20-11-5-7-13-23(20)46(24)22-12-6-4-10-19(22)17-8-2-1-3-9-17/h1-16,47-48H,37-43H2. The molecule has 8 rings (SSSR count). The first-order valence-corrected chi connectivity index (χ1v) is 16.7. The molecule has 4 nitrogen and oxygen atoms in total. The van der Waals surface area contributed by atoms with Gasteiger partial charge in [-0.1, -0.05) is 99.5 Å². The molecular formula is C36H32B8N2O2. The zero-order chi connectivity index (χ0) is 33.6. The maximum Gasteiger partial charge on any atom is 0.487 e. The number of nitrogens with zero attached hydrogens (tertiary/aromatic N) is 2. The Morgan fingerprint density at radius 3 is 1.79 bits per heavy atom. The zero-order valence-corrected chi connectivity index (χ0v) is 28.6. The van der Waals surface area contributed by atoms with Crippen molar-refractivity contribution >= 4 is 149 Å². The lowest BCUT2D eigenvalue weighted by atomic mass is 9.59. The number of benzene rings is 6. The first-order chi connectivity index (χ1) is 23.1. The fraction of sp³-hybridized carbons (Fsp3) is 0. The molecule has 48 heavy (non-hydrogen) atoms. The Morgan fingerprint density at radius 1 is 0.479 bits per heavy atom. The summed E-state index contributed by atoms with van der Waals surface area (Å²) in [7, 11) is 13.5. The molecule has 0 saturated heterocycles. The number of hydrogen-bond donors (Lipinski definition) is 2. The molecule has 222 valence electrons. The van der Waals surface area contributed by atoms with E-state index in [0.717, 1.165) is 49.7 Å². The van der Waals surface area contributed by atoms with E-state index in [-0.39, 0.29) is 0 Å². The van der Waals surface area contributed by atoms with E-state index in [0.29, 0.717) is 5.46 Å². The van der Waals surface area contributed by atoms with E-state index < -0.39 is 7.12 Å². The third kappa shape index (κ3) is 4.22. The number of para-hydroxylation sites is 2. The Hall–Kier alpha value is -4.64. The summed E-state index contributed by atoms with van der Waals surface area (Å²) in [5.41, 5.74) is 17.8. The number of fused-ring (bicyclic) bond motifs is 6. The van der Waals surface area contributed by atoms with Crippen LogP contribution in [0.15, 0.2) is 97.1 Å². The molecule has 8 aromatic rings. The van der Waals surface area contributed by atoms with Crippen LogP contribution in [0.2, 0.25) is 0 Å². The van der Waals surface area contributed by atoms with Crippen LogP contribution in [-0.2, 0) is 0 Å².